The van der Waals surface area contributed by atoms with E-state index < -0.39 is 5.97 Å². The smallest absolute Gasteiger partial charge is 0.309 e. The Morgan fingerprint density at radius 1 is 1.73 bits per heavy atom. The van der Waals surface area contributed by atoms with Gasteiger partial charge in [0.15, 0.2) is 0 Å². The molecule has 0 aromatic carbocycles. The Labute approximate surface area is 86.8 Å². The van der Waals surface area contributed by atoms with E-state index in [1.165, 1.54) is 0 Å². The van der Waals surface area contributed by atoms with Crippen molar-refractivity contribution in [3.8, 4) is 0 Å². The fourth-order valence-electron chi connectivity index (χ4n) is 1.66. The van der Waals surface area contributed by atoms with Crippen molar-refractivity contribution in [2.45, 2.75) is 31.9 Å². The molecule has 0 radical (unpaired) electrons. The second-order valence-corrected chi connectivity index (χ2v) is 3.64. The van der Waals surface area contributed by atoms with Gasteiger partial charge in [0.1, 0.15) is 0 Å². The van der Waals surface area contributed by atoms with Crippen LogP contribution in [0.3, 0.4) is 0 Å². The van der Waals surface area contributed by atoms with Gasteiger partial charge in [0.25, 0.3) is 0 Å². The van der Waals surface area contributed by atoms with Gasteiger partial charge < -0.3 is 9.84 Å². The van der Waals surface area contributed by atoms with Crippen molar-refractivity contribution in [3.63, 3.8) is 0 Å². The molecule has 2 heterocycles. The van der Waals surface area contributed by atoms with Gasteiger partial charge in [0.05, 0.1) is 24.8 Å². The quantitative estimate of drug-likeness (QED) is 0.763. The minimum absolute atomic E-state index is 0.0779. The van der Waals surface area contributed by atoms with E-state index in [0.717, 1.165) is 19.4 Å². The summed E-state index contributed by atoms with van der Waals surface area (Å²) in [5.74, 6) is -0.890. The summed E-state index contributed by atoms with van der Waals surface area (Å²) in [7, 11) is 0. The molecule has 82 valence electrons. The number of aromatic nitrogens is 3. The van der Waals surface area contributed by atoms with Gasteiger partial charge in [-0.05, 0) is 12.8 Å². The molecule has 0 aliphatic carbocycles. The number of rotatable bonds is 4. The molecule has 1 aromatic rings. The lowest BCUT2D eigenvalue weighted by atomic mass is 10.2. The van der Waals surface area contributed by atoms with E-state index in [4.69, 9.17) is 9.84 Å². The molecule has 1 saturated heterocycles. The molecule has 2 rings (SSSR count). The zero-order valence-corrected chi connectivity index (χ0v) is 8.30. The molecule has 1 fully saturated rings. The molecular weight excluding hydrogens is 198 g/mol. The molecule has 0 bridgehead atoms. The first-order valence-electron chi connectivity index (χ1n) is 4.96. The number of hydrogen-bond acceptors (Lipinski definition) is 4. The van der Waals surface area contributed by atoms with Gasteiger partial charge in [0.2, 0.25) is 0 Å². The summed E-state index contributed by atoms with van der Waals surface area (Å²) < 4.78 is 7.09. The summed E-state index contributed by atoms with van der Waals surface area (Å²) >= 11 is 0. The summed E-state index contributed by atoms with van der Waals surface area (Å²) in [6.45, 7) is 1.47. The van der Waals surface area contributed by atoms with Crippen LogP contribution in [0.1, 0.15) is 18.5 Å². The van der Waals surface area contributed by atoms with Gasteiger partial charge >= 0.3 is 5.97 Å². The molecule has 1 aliphatic rings. The third kappa shape index (κ3) is 2.76. The van der Waals surface area contributed by atoms with Crippen LogP contribution in [0.2, 0.25) is 0 Å². The van der Waals surface area contributed by atoms with Gasteiger partial charge in [-0.1, -0.05) is 5.21 Å². The average Bonchev–Trinajstić information content (AvgIpc) is 2.77. The minimum atomic E-state index is -0.890. The lowest BCUT2D eigenvalue weighted by Crippen LogP contribution is -2.15. The van der Waals surface area contributed by atoms with Crippen LogP contribution >= 0.6 is 0 Å². The fraction of sp³-hybridized carbons (Fsp3) is 0.667. The molecule has 0 spiro atoms. The zero-order chi connectivity index (χ0) is 10.7. The number of carboxylic acids is 1. The first-order valence-corrected chi connectivity index (χ1v) is 4.96. The summed E-state index contributed by atoms with van der Waals surface area (Å²) in [5.41, 5.74) is 0.487. The molecule has 6 heteroatoms. The SMILES string of the molecule is O=C(O)Cc1cn(CC2CCCO2)nn1. The van der Waals surface area contributed by atoms with E-state index >= 15 is 0 Å². The highest BCUT2D eigenvalue weighted by Gasteiger charge is 2.16. The number of nitrogens with zero attached hydrogens (tertiary/aromatic N) is 3. The van der Waals surface area contributed by atoms with Crippen LogP contribution in [0.4, 0.5) is 0 Å². The molecule has 0 saturated carbocycles. The maximum atomic E-state index is 10.4. The van der Waals surface area contributed by atoms with E-state index in [9.17, 15) is 4.79 Å². The Bertz CT molecular complexity index is 344. The van der Waals surface area contributed by atoms with E-state index in [1.54, 1.807) is 10.9 Å². The molecule has 1 unspecified atom stereocenters. The van der Waals surface area contributed by atoms with Crippen molar-refractivity contribution >= 4 is 5.97 Å². The first kappa shape index (κ1) is 10.1. The van der Waals surface area contributed by atoms with E-state index in [-0.39, 0.29) is 12.5 Å². The molecule has 1 aliphatic heterocycles. The van der Waals surface area contributed by atoms with Crippen LogP contribution in [0.25, 0.3) is 0 Å². The Kier molecular flexibility index (Phi) is 2.96. The van der Waals surface area contributed by atoms with Gasteiger partial charge in [0, 0.05) is 12.8 Å². The summed E-state index contributed by atoms with van der Waals surface area (Å²) in [6, 6.07) is 0. The number of carboxylic acid groups (broad SMARTS) is 1. The fourth-order valence-corrected chi connectivity index (χ4v) is 1.66. The normalized spacial score (nSPS) is 20.7. The van der Waals surface area contributed by atoms with Crippen molar-refractivity contribution in [2.75, 3.05) is 6.61 Å². The van der Waals surface area contributed by atoms with Gasteiger partial charge in [-0.3, -0.25) is 4.79 Å². The number of aliphatic carboxylic acids is 1. The van der Waals surface area contributed by atoms with E-state index in [2.05, 4.69) is 10.3 Å². The highest BCUT2D eigenvalue weighted by atomic mass is 16.5. The lowest BCUT2D eigenvalue weighted by molar-refractivity contribution is -0.136. The van der Waals surface area contributed by atoms with Crippen LogP contribution in [0.5, 0.6) is 0 Å². The molecule has 0 amide bonds. The molecule has 1 aromatic heterocycles. The van der Waals surface area contributed by atoms with Crippen LogP contribution in [0.15, 0.2) is 6.20 Å². The van der Waals surface area contributed by atoms with Crippen LogP contribution in [-0.4, -0.2) is 38.8 Å². The zero-order valence-electron chi connectivity index (χ0n) is 8.30. The first-order chi connectivity index (χ1) is 7.24. The molecular formula is C9H13N3O3. The van der Waals surface area contributed by atoms with Crippen molar-refractivity contribution < 1.29 is 14.6 Å². The Morgan fingerprint density at radius 2 is 2.60 bits per heavy atom. The second-order valence-electron chi connectivity index (χ2n) is 3.64. The highest BCUT2D eigenvalue weighted by molar-refractivity contribution is 5.69. The maximum Gasteiger partial charge on any atom is 0.309 e. The largest absolute Gasteiger partial charge is 0.481 e. The molecule has 6 nitrogen and oxygen atoms in total. The van der Waals surface area contributed by atoms with E-state index in [1.807, 2.05) is 0 Å². The van der Waals surface area contributed by atoms with Crippen LogP contribution < -0.4 is 0 Å². The average molecular weight is 211 g/mol. The Balaban J connectivity index is 1.91. The van der Waals surface area contributed by atoms with Crippen molar-refractivity contribution in [3.05, 3.63) is 11.9 Å². The topological polar surface area (TPSA) is 77.2 Å². The summed E-state index contributed by atoms with van der Waals surface area (Å²) in [5, 5.41) is 16.2. The standard InChI is InChI=1S/C9H13N3O3/c13-9(14)4-7-5-12(11-10-7)6-8-2-1-3-15-8/h5,8H,1-4,6H2,(H,13,14). The third-order valence-corrected chi connectivity index (χ3v) is 2.33. The predicted molar refractivity (Wildman–Crippen MR) is 50.3 cm³/mol. The maximum absolute atomic E-state index is 10.4. The molecule has 1 atom stereocenters. The Hall–Kier alpha value is -1.43. The van der Waals surface area contributed by atoms with Crippen molar-refractivity contribution in [2.24, 2.45) is 0 Å². The van der Waals surface area contributed by atoms with Gasteiger partial charge in [-0.25, -0.2) is 4.68 Å². The second kappa shape index (κ2) is 4.39. The van der Waals surface area contributed by atoms with Gasteiger partial charge in [-0.15, -0.1) is 5.10 Å². The van der Waals surface area contributed by atoms with Crippen LogP contribution in [0, 0.1) is 0 Å². The summed E-state index contributed by atoms with van der Waals surface area (Å²) in [6.07, 6.45) is 3.90. The Morgan fingerprint density at radius 3 is 3.27 bits per heavy atom. The molecule has 1 N–H and O–H groups in total. The lowest BCUT2D eigenvalue weighted by Gasteiger charge is -2.07. The summed E-state index contributed by atoms with van der Waals surface area (Å²) in [4.78, 5) is 10.4. The van der Waals surface area contributed by atoms with Crippen molar-refractivity contribution in [1.29, 1.82) is 0 Å². The minimum Gasteiger partial charge on any atom is -0.481 e. The number of ether oxygens (including phenoxy) is 1. The van der Waals surface area contributed by atoms with Gasteiger partial charge in [-0.2, -0.15) is 0 Å². The molecule has 15 heavy (non-hydrogen) atoms. The third-order valence-electron chi connectivity index (χ3n) is 2.33. The predicted octanol–water partition coefficient (Wildman–Crippen LogP) is 0.0842. The number of carbonyl (C=O) groups is 1. The highest BCUT2D eigenvalue weighted by Crippen LogP contribution is 2.13. The van der Waals surface area contributed by atoms with Crippen LogP contribution in [-0.2, 0) is 22.5 Å². The monoisotopic (exact) mass is 211 g/mol. The number of hydrogen-bond donors (Lipinski definition) is 1. The van der Waals surface area contributed by atoms with E-state index in [0.29, 0.717) is 12.2 Å². The van der Waals surface area contributed by atoms with Crippen molar-refractivity contribution in [1.82, 2.24) is 15.0 Å².